The molecule has 2 aliphatic rings. The van der Waals surface area contributed by atoms with Gasteiger partial charge in [-0.3, -0.25) is 4.68 Å². The first-order chi connectivity index (χ1) is 8.42. The molecule has 3 atom stereocenters. The van der Waals surface area contributed by atoms with Gasteiger partial charge in [0, 0.05) is 25.8 Å². The van der Waals surface area contributed by atoms with Crippen LogP contribution in [0.3, 0.4) is 0 Å². The number of hydrogen-bond acceptors (Lipinski definition) is 2. The van der Waals surface area contributed by atoms with E-state index in [0.717, 1.165) is 18.2 Å². The molecule has 0 saturated heterocycles. The summed E-state index contributed by atoms with van der Waals surface area (Å²) in [5, 5.41) is 8.26. The van der Waals surface area contributed by atoms with Crippen molar-refractivity contribution < 1.29 is 0 Å². The smallest absolute Gasteiger partial charge is 0.0762 e. The maximum absolute atomic E-state index is 4.46. The number of nitrogens with one attached hydrogen (secondary N) is 1. The van der Waals surface area contributed by atoms with Gasteiger partial charge in [-0.1, -0.05) is 20.8 Å². The monoisotopic (exact) mass is 247 g/mol. The van der Waals surface area contributed by atoms with Crippen LogP contribution in [0, 0.1) is 16.7 Å². The van der Waals surface area contributed by atoms with Gasteiger partial charge in [-0.25, -0.2) is 0 Å². The average molecular weight is 247 g/mol. The predicted molar refractivity (Wildman–Crippen MR) is 73.1 cm³/mol. The van der Waals surface area contributed by atoms with E-state index < -0.39 is 0 Å². The molecular formula is C15H25N3. The highest BCUT2D eigenvalue weighted by molar-refractivity contribution is 5.12. The first-order valence-electron chi connectivity index (χ1n) is 7.14. The molecule has 3 nitrogen and oxygen atoms in total. The van der Waals surface area contributed by atoms with E-state index in [1.165, 1.54) is 19.3 Å². The van der Waals surface area contributed by atoms with Gasteiger partial charge in [0.15, 0.2) is 0 Å². The molecule has 18 heavy (non-hydrogen) atoms. The van der Waals surface area contributed by atoms with Crippen molar-refractivity contribution in [2.45, 2.75) is 52.6 Å². The Hall–Kier alpha value is -0.830. The van der Waals surface area contributed by atoms with Crippen LogP contribution in [0.4, 0.5) is 0 Å². The second-order valence-electron chi connectivity index (χ2n) is 7.21. The summed E-state index contributed by atoms with van der Waals surface area (Å²) in [5.41, 5.74) is 2.09. The van der Waals surface area contributed by atoms with Crippen LogP contribution in [0.15, 0.2) is 12.3 Å². The highest BCUT2D eigenvalue weighted by Crippen LogP contribution is 2.62. The van der Waals surface area contributed by atoms with Crippen molar-refractivity contribution in [2.75, 3.05) is 0 Å². The highest BCUT2D eigenvalue weighted by Gasteiger charge is 2.58. The maximum Gasteiger partial charge on any atom is 0.0762 e. The number of rotatable bonds is 3. The van der Waals surface area contributed by atoms with Crippen LogP contribution in [0.2, 0.25) is 0 Å². The van der Waals surface area contributed by atoms with E-state index in [4.69, 9.17) is 0 Å². The van der Waals surface area contributed by atoms with Crippen molar-refractivity contribution in [2.24, 2.45) is 23.8 Å². The van der Waals surface area contributed by atoms with Crippen LogP contribution in [0.1, 0.15) is 45.7 Å². The molecule has 2 bridgehead atoms. The van der Waals surface area contributed by atoms with Gasteiger partial charge in [-0.05, 0) is 42.1 Å². The highest BCUT2D eigenvalue weighted by atomic mass is 15.3. The fourth-order valence-electron chi connectivity index (χ4n) is 4.58. The summed E-state index contributed by atoms with van der Waals surface area (Å²) in [6, 6.07) is 2.74. The Kier molecular flexibility index (Phi) is 2.60. The molecule has 0 radical (unpaired) electrons. The molecule has 2 aliphatic carbocycles. The van der Waals surface area contributed by atoms with Gasteiger partial charge in [-0.15, -0.1) is 0 Å². The molecule has 1 aromatic rings. The van der Waals surface area contributed by atoms with E-state index in [-0.39, 0.29) is 0 Å². The summed E-state index contributed by atoms with van der Waals surface area (Å²) in [7, 11) is 1.98. The second-order valence-corrected chi connectivity index (χ2v) is 7.21. The van der Waals surface area contributed by atoms with E-state index in [9.17, 15) is 0 Å². The Morgan fingerprint density at radius 2 is 2.22 bits per heavy atom. The standard InChI is InChI=1S/C15H25N3/c1-14(2)11-5-7-15(3,9-11)13(14)16-10-12-6-8-18(4)17-12/h6,8,11,13,16H,5,7,9-10H2,1-4H3/t11-,13?,15+/m0/s1. The first-order valence-corrected chi connectivity index (χ1v) is 7.14. The lowest BCUT2D eigenvalue weighted by Gasteiger charge is -2.43. The van der Waals surface area contributed by atoms with Gasteiger partial charge in [0.2, 0.25) is 0 Å². The quantitative estimate of drug-likeness (QED) is 0.890. The third-order valence-corrected chi connectivity index (χ3v) is 5.53. The Balaban J connectivity index is 1.72. The lowest BCUT2D eigenvalue weighted by Crippen LogP contribution is -2.49. The normalized spacial score (nSPS) is 37.3. The van der Waals surface area contributed by atoms with Crippen LogP contribution in [-0.2, 0) is 13.6 Å². The molecule has 1 N–H and O–H groups in total. The Bertz CT molecular complexity index is 444. The second kappa shape index (κ2) is 3.83. The van der Waals surface area contributed by atoms with E-state index in [2.05, 4.69) is 37.3 Å². The Morgan fingerprint density at radius 3 is 2.78 bits per heavy atom. The van der Waals surface area contributed by atoms with Gasteiger partial charge in [0.05, 0.1) is 5.69 Å². The largest absolute Gasteiger partial charge is 0.307 e. The number of aromatic nitrogens is 2. The minimum atomic E-state index is 0.432. The fourth-order valence-corrected chi connectivity index (χ4v) is 4.58. The van der Waals surface area contributed by atoms with E-state index >= 15 is 0 Å². The van der Waals surface area contributed by atoms with Gasteiger partial charge in [-0.2, -0.15) is 5.10 Å². The molecule has 3 heteroatoms. The van der Waals surface area contributed by atoms with Crippen LogP contribution in [0.25, 0.3) is 0 Å². The molecular weight excluding hydrogens is 222 g/mol. The molecule has 0 amide bonds. The fraction of sp³-hybridized carbons (Fsp3) is 0.800. The number of hydrogen-bond donors (Lipinski definition) is 1. The zero-order chi connectivity index (χ0) is 13.0. The summed E-state index contributed by atoms with van der Waals surface area (Å²) < 4.78 is 1.88. The van der Waals surface area contributed by atoms with E-state index in [1.807, 2.05) is 17.9 Å². The molecule has 2 fully saturated rings. The van der Waals surface area contributed by atoms with Gasteiger partial charge < -0.3 is 5.32 Å². The van der Waals surface area contributed by atoms with Crippen molar-refractivity contribution in [3.05, 3.63) is 18.0 Å². The van der Waals surface area contributed by atoms with Crippen LogP contribution < -0.4 is 5.32 Å². The maximum atomic E-state index is 4.46. The van der Waals surface area contributed by atoms with E-state index in [1.54, 1.807) is 0 Å². The number of aryl methyl sites for hydroxylation is 1. The summed E-state index contributed by atoms with van der Waals surface area (Å²) in [4.78, 5) is 0. The van der Waals surface area contributed by atoms with Crippen LogP contribution in [0.5, 0.6) is 0 Å². The summed E-state index contributed by atoms with van der Waals surface area (Å²) in [5.74, 6) is 0.906. The average Bonchev–Trinajstić information content (AvgIpc) is 2.89. The third kappa shape index (κ3) is 1.71. The van der Waals surface area contributed by atoms with E-state index in [0.29, 0.717) is 16.9 Å². The molecule has 0 spiro atoms. The molecule has 100 valence electrons. The first kappa shape index (κ1) is 12.2. The van der Waals surface area contributed by atoms with Crippen molar-refractivity contribution in [3.8, 4) is 0 Å². The van der Waals surface area contributed by atoms with Crippen molar-refractivity contribution in [1.82, 2.24) is 15.1 Å². The summed E-state index contributed by atoms with van der Waals surface area (Å²) in [6.45, 7) is 8.26. The Morgan fingerprint density at radius 1 is 1.44 bits per heavy atom. The predicted octanol–water partition coefficient (Wildman–Crippen LogP) is 2.72. The number of nitrogens with zero attached hydrogens (tertiary/aromatic N) is 2. The molecule has 1 aromatic heterocycles. The molecule has 0 aliphatic heterocycles. The number of fused-ring (bicyclic) bond motifs is 2. The lowest BCUT2D eigenvalue weighted by atomic mass is 9.68. The zero-order valence-electron chi connectivity index (χ0n) is 12.0. The van der Waals surface area contributed by atoms with Crippen molar-refractivity contribution in [1.29, 1.82) is 0 Å². The Labute approximate surface area is 110 Å². The molecule has 2 saturated carbocycles. The minimum absolute atomic E-state index is 0.432. The zero-order valence-corrected chi connectivity index (χ0v) is 12.0. The molecule has 1 heterocycles. The summed E-state index contributed by atoms with van der Waals surface area (Å²) >= 11 is 0. The molecule has 1 unspecified atom stereocenters. The summed E-state index contributed by atoms with van der Waals surface area (Å²) in [6.07, 6.45) is 6.23. The SMILES string of the molecule is Cn1ccc(CNC2C(C)(C)[C@H]3CC[C@]2(C)C3)n1. The van der Waals surface area contributed by atoms with Gasteiger partial charge in [0.1, 0.15) is 0 Å². The van der Waals surface area contributed by atoms with Crippen LogP contribution in [-0.4, -0.2) is 15.8 Å². The van der Waals surface area contributed by atoms with Crippen molar-refractivity contribution in [3.63, 3.8) is 0 Å². The topological polar surface area (TPSA) is 29.9 Å². The molecule has 3 rings (SSSR count). The van der Waals surface area contributed by atoms with Gasteiger partial charge >= 0.3 is 0 Å². The van der Waals surface area contributed by atoms with Gasteiger partial charge in [0.25, 0.3) is 0 Å². The molecule has 0 aromatic carbocycles. The van der Waals surface area contributed by atoms with Crippen LogP contribution >= 0.6 is 0 Å². The third-order valence-electron chi connectivity index (χ3n) is 5.53. The lowest BCUT2D eigenvalue weighted by molar-refractivity contribution is 0.107. The minimum Gasteiger partial charge on any atom is -0.307 e. The van der Waals surface area contributed by atoms with Crippen molar-refractivity contribution >= 4 is 0 Å².